The van der Waals surface area contributed by atoms with E-state index >= 15 is 0 Å². The summed E-state index contributed by atoms with van der Waals surface area (Å²) in [6.45, 7) is 3.51. The number of hydrogen-bond donors (Lipinski definition) is 0. The predicted molar refractivity (Wildman–Crippen MR) is 152 cm³/mol. The van der Waals surface area contributed by atoms with E-state index < -0.39 is 0 Å². The van der Waals surface area contributed by atoms with E-state index in [1.165, 1.54) is 11.0 Å². The summed E-state index contributed by atoms with van der Waals surface area (Å²) in [6.07, 6.45) is 1.57. The average molecular weight is 561 g/mol. The quantitative estimate of drug-likeness (QED) is 0.418. The third kappa shape index (κ3) is 4.81. The Hall–Kier alpha value is -3.91. The summed E-state index contributed by atoms with van der Waals surface area (Å²) in [6, 6.07) is 19.3. The number of halogens is 2. The molecule has 206 valence electrons. The van der Waals surface area contributed by atoms with Crippen molar-refractivity contribution < 1.29 is 18.8 Å². The Balaban J connectivity index is 1.15. The van der Waals surface area contributed by atoms with E-state index in [0.717, 1.165) is 12.8 Å². The van der Waals surface area contributed by atoms with Crippen LogP contribution in [-0.2, 0) is 11.3 Å². The highest BCUT2D eigenvalue weighted by atomic mass is 35.5. The summed E-state index contributed by atoms with van der Waals surface area (Å²) in [5.74, 6) is -1.05. The fraction of sp³-hybridized carbons (Fsp3) is 0.323. The SMILES string of the molecule is O=C([C@@H]1CCCN(c2cccc3c2C(=O)N(Cc2ccccc2Cl)C3=O)C1)N1CCN(c2ccccc2F)CC1. The number of imide groups is 1. The fourth-order valence-electron chi connectivity index (χ4n) is 6.05. The van der Waals surface area contributed by atoms with Gasteiger partial charge in [0.2, 0.25) is 5.91 Å². The fourth-order valence-corrected chi connectivity index (χ4v) is 6.25. The Bertz CT molecular complexity index is 1470. The van der Waals surface area contributed by atoms with E-state index in [9.17, 15) is 18.8 Å². The van der Waals surface area contributed by atoms with Crippen LogP contribution in [0.4, 0.5) is 15.8 Å². The van der Waals surface area contributed by atoms with Crippen LogP contribution in [0, 0.1) is 11.7 Å². The number of carbonyl (C=O) groups is 3. The minimum atomic E-state index is -0.340. The molecular formula is C31H30ClFN4O3. The molecule has 0 bridgehead atoms. The second-order valence-electron chi connectivity index (χ2n) is 10.5. The highest BCUT2D eigenvalue weighted by molar-refractivity contribution is 6.31. The molecule has 7 nitrogen and oxygen atoms in total. The molecule has 0 spiro atoms. The second kappa shape index (κ2) is 10.9. The van der Waals surface area contributed by atoms with Gasteiger partial charge in [-0.05, 0) is 48.7 Å². The lowest BCUT2D eigenvalue weighted by Crippen LogP contribution is -2.53. The smallest absolute Gasteiger partial charge is 0.263 e. The minimum Gasteiger partial charge on any atom is -0.370 e. The van der Waals surface area contributed by atoms with Crippen molar-refractivity contribution >= 4 is 40.7 Å². The number of rotatable bonds is 5. The van der Waals surface area contributed by atoms with E-state index in [1.54, 1.807) is 30.3 Å². The first-order chi connectivity index (χ1) is 19.4. The number of piperidine rings is 1. The lowest BCUT2D eigenvalue weighted by atomic mass is 9.94. The normalized spacial score (nSPS) is 19.3. The molecule has 0 unspecified atom stereocenters. The van der Waals surface area contributed by atoms with Gasteiger partial charge in [0.05, 0.1) is 35.0 Å². The van der Waals surface area contributed by atoms with Crippen LogP contribution in [0.5, 0.6) is 0 Å². The Morgan fingerprint density at radius 2 is 1.55 bits per heavy atom. The summed E-state index contributed by atoms with van der Waals surface area (Å²) < 4.78 is 14.2. The van der Waals surface area contributed by atoms with Gasteiger partial charge < -0.3 is 14.7 Å². The van der Waals surface area contributed by atoms with Crippen molar-refractivity contribution in [2.45, 2.75) is 19.4 Å². The van der Waals surface area contributed by atoms with Crippen LogP contribution in [-0.4, -0.2) is 66.8 Å². The van der Waals surface area contributed by atoms with Crippen LogP contribution in [0.25, 0.3) is 0 Å². The predicted octanol–water partition coefficient (Wildman–Crippen LogP) is 4.84. The van der Waals surface area contributed by atoms with E-state index in [0.29, 0.717) is 72.4 Å². The van der Waals surface area contributed by atoms with Crippen LogP contribution in [0.2, 0.25) is 5.02 Å². The molecule has 0 radical (unpaired) electrons. The lowest BCUT2D eigenvalue weighted by molar-refractivity contribution is -0.136. The molecule has 3 amide bonds. The zero-order valence-corrected chi connectivity index (χ0v) is 22.8. The molecular weight excluding hydrogens is 531 g/mol. The van der Waals surface area contributed by atoms with Crippen LogP contribution >= 0.6 is 11.6 Å². The van der Waals surface area contributed by atoms with Gasteiger partial charge in [0.25, 0.3) is 11.8 Å². The first kappa shape index (κ1) is 26.3. The third-order valence-corrected chi connectivity index (χ3v) is 8.53. The Kier molecular flexibility index (Phi) is 7.19. The summed E-state index contributed by atoms with van der Waals surface area (Å²) >= 11 is 6.31. The van der Waals surface area contributed by atoms with Crippen LogP contribution < -0.4 is 9.80 Å². The first-order valence-electron chi connectivity index (χ1n) is 13.7. The molecule has 3 aliphatic heterocycles. The van der Waals surface area contributed by atoms with Gasteiger partial charge >= 0.3 is 0 Å². The summed E-state index contributed by atoms with van der Waals surface area (Å²) in [7, 11) is 0. The van der Waals surface area contributed by atoms with Crippen LogP contribution in [0.1, 0.15) is 39.1 Å². The van der Waals surface area contributed by atoms with E-state index in [4.69, 9.17) is 11.6 Å². The van der Waals surface area contributed by atoms with E-state index in [-0.39, 0.29) is 36.0 Å². The number of carbonyl (C=O) groups excluding carboxylic acids is 3. The van der Waals surface area contributed by atoms with Gasteiger partial charge in [0.15, 0.2) is 0 Å². The third-order valence-electron chi connectivity index (χ3n) is 8.16. The molecule has 0 N–H and O–H groups in total. The first-order valence-corrected chi connectivity index (χ1v) is 14.1. The topological polar surface area (TPSA) is 64.2 Å². The molecule has 0 aromatic heterocycles. The van der Waals surface area contributed by atoms with Gasteiger partial charge in [-0.1, -0.05) is 48.0 Å². The molecule has 3 aromatic carbocycles. The standard InChI is InChI=1S/C31H30ClFN4O3/c32-24-10-2-1-7-21(24)20-37-30(39)23-9-5-13-27(28(23)31(37)40)36-14-6-8-22(19-36)29(38)35-17-15-34(16-18-35)26-12-4-3-11-25(26)33/h1-5,7,9-13,22H,6,8,14-20H2/t22-/m1/s1. The molecule has 2 saturated heterocycles. The van der Waals surface area contributed by atoms with Crippen molar-refractivity contribution in [1.29, 1.82) is 0 Å². The summed E-state index contributed by atoms with van der Waals surface area (Å²) in [5.41, 5.74) is 2.75. The molecule has 0 saturated carbocycles. The van der Waals surface area contributed by atoms with Gasteiger partial charge in [-0.3, -0.25) is 19.3 Å². The maximum Gasteiger partial charge on any atom is 0.263 e. The maximum absolute atomic E-state index is 14.2. The zero-order valence-electron chi connectivity index (χ0n) is 22.1. The lowest BCUT2D eigenvalue weighted by Gasteiger charge is -2.40. The highest BCUT2D eigenvalue weighted by Gasteiger charge is 2.40. The van der Waals surface area contributed by atoms with E-state index in [1.807, 2.05) is 40.1 Å². The van der Waals surface area contributed by atoms with Gasteiger partial charge in [0, 0.05) is 44.3 Å². The van der Waals surface area contributed by atoms with Gasteiger partial charge in [-0.15, -0.1) is 0 Å². The van der Waals surface area contributed by atoms with Crippen molar-refractivity contribution in [3.8, 4) is 0 Å². The van der Waals surface area contributed by atoms with Crippen LogP contribution in [0.3, 0.4) is 0 Å². The molecule has 2 fully saturated rings. The maximum atomic E-state index is 14.2. The average Bonchev–Trinajstić information content (AvgIpc) is 3.23. The molecule has 9 heteroatoms. The van der Waals surface area contributed by atoms with E-state index in [2.05, 4.69) is 4.90 Å². The summed E-state index contributed by atoms with van der Waals surface area (Å²) in [4.78, 5) is 47.5. The molecule has 3 aliphatic rings. The van der Waals surface area contributed by atoms with Crippen molar-refractivity contribution in [1.82, 2.24) is 9.80 Å². The number of benzene rings is 3. The van der Waals surface area contributed by atoms with Crippen molar-refractivity contribution in [3.05, 3.63) is 94.3 Å². The second-order valence-corrected chi connectivity index (χ2v) is 10.9. The largest absolute Gasteiger partial charge is 0.370 e. The molecule has 0 aliphatic carbocycles. The van der Waals surface area contributed by atoms with Gasteiger partial charge in [0.1, 0.15) is 5.82 Å². The van der Waals surface area contributed by atoms with Crippen molar-refractivity contribution in [2.75, 3.05) is 49.1 Å². The Labute approximate surface area is 237 Å². The molecule has 40 heavy (non-hydrogen) atoms. The summed E-state index contributed by atoms with van der Waals surface area (Å²) in [5, 5.41) is 0.506. The van der Waals surface area contributed by atoms with Crippen molar-refractivity contribution in [3.63, 3.8) is 0 Å². The highest BCUT2D eigenvalue weighted by Crippen LogP contribution is 2.35. The van der Waals surface area contributed by atoms with Crippen LogP contribution in [0.15, 0.2) is 66.7 Å². The zero-order chi connectivity index (χ0) is 27.8. The Morgan fingerprint density at radius 3 is 2.33 bits per heavy atom. The molecule has 3 heterocycles. The number of hydrogen-bond acceptors (Lipinski definition) is 5. The number of fused-ring (bicyclic) bond motifs is 1. The number of anilines is 2. The van der Waals surface area contributed by atoms with Gasteiger partial charge in [-0.2, -0.15) is 0 Å². The molecule has 3 aromatic rings. The number of para-hydroxylation sites is 1. The number of amides is 3. The molecule has 6 rings (SSSR count). The van der Waals surface area contributed by atoms with Crippen molar-refractivity contribution in [2.24, 2.45) is 5.92 Å². The minimum absolute atomic E-state index is 0.0909. The molecule has 1 atom stereocenters. The van der Waals surface area contributed by atoms with Gasteiger partial charge in [-0.25, -0.2) is 4.39 Å². The Morgan fingerprint density at radius 1 is 0.825 bits per heavy atom. The monoisotopic (exact) mass is 560 g/mol. The number of piperazine rings is 1. The number of nitrogens with zero attached hydrogens (tertiary/aromatic N) is 4.